The first-order valence-corrected chi connectivity index (χ1v) is 14.3. The van der Waals surface area contributed by atoms with E-state index in [-0.39, 0.29) is 47.3 Å². The summed E-state index contributed by atoms with van der Waals surface area (Å²) in [6.45, 7) is 11.0. The van der Waals surface area contributed by atoms with Gasteiger partial charge in [0.2, 0.25) is 5.91 Å². The summed E-state index contributed by atoms with van der Waals surface area (Å²) in [4.78, 5) is 23.3. The van der Waals surface area contributed by atoms with E-state index in [1.54, 1.807) is 0 Å². The molecular weight excluding hydrogens is 442 g/mol. The predicted octanol–water partition coefficient (Wildman–Crippen LogP) is 4.48. The van der Waals surface area contributed by atoms with Gasteiger partial charge in [0.15, 0.2) is 0 Å². The van der Waals surface area contributed by atoms with Crippen molar-refractivity contribution >= 4 is 11.9 Å². The number of aliphatic hydroxyl groups excluding tert-OH is 2. The Morgan fingerprint density at radius 2 is 1.63 bits per heavy atom. The quantitative estimate of drug-likeness (QED) is 0.420. The predicted molar refractivity (Wildman–Crippen MR) is 135 cm³/mol. The van der Waals surface area contributed by atoms with Gasteiger partial charge in [-0.1, -0.05) is 41.0 Å². The summed E-state index contributed by atoms with van der Waals surface area (Å²) >= 11 is 0. The molecule has 12 atom stereocenters. The monoisotopic (exact) mass is 491 g/mol. The van der Waals surface area contributed by atoms with Gasteiger partial charge >= 0.3 is 5.97 Å². The fraction of sp³-hybridized carbons (Fsp3) is 0.931. The number of rotatable bonds is 7. The number of aliphatic hydroxyl groups is 2. The van der Waals surface area contributed by atoms with Crippen molar-refractivity contribution in [2.45, 2.75) is 105 Å². The highest BCUT2D eigenvalue weighted by Gasteiger charge is 2.64. The topological polar surface area (TPSA) is 107 Å². The lowest BCUT2D eigenvalue weighted by Gasteiger charge is -2.64. The fourth-order valence-corrected chi connectivity index (χ4v) is 10.1. The molecule has 3 unspecified atom stereocenters. The Hall–Kier alpha value is -1.14. The number of fused-ring (bicyclic) bond motifs is 5. The lowest BCUT2D eigenvalue weighted by molar-refractivity contribution is -0.203. The second-order valence-corrected chi connectivity index (χ2v) is 13.3. The maximum absolute atomic E-state index is 12.4. The van der Waals surface area contributed by atoms with Crippen molar-refractivity contribution in [3.05, 3.63) is 0 Å². The smallest absolute Gasteiger partial charge is 0.322 e. The van der Waals surface area contributed by atoms with Crippen molar-refractivity contribution in [2.75, 3.05) is 6.54 Å². The number of carboxylic acid groups (broad SMARTS) is 1. The standard InChI is InChI=1S/C29H49NO5/c1-6-19-23-14-18(31)9-11-29(23,5)22-10-12-28(4)20(7-8-21(28)25(22)26(19)34)16(2)13-17(3)27(35)30-15-24(32)33/h16-23,25-26,31,34H,6-15H2,1-5H3,(H,30,35)(H,32,33)/t16-,17+,18+,19+,20+,21?,22?,23-,25?,26-,28+,29+/m0/s1. The highest BCUT2D eigenvalue weighted by molar-refractivity contribution is 5.82. The van der Waals surface area contributed by atoms with Gasteiger partial charge in [0.1, 0.15) is 6.54 Å². The minimum atomic E-state index is -1.01. The average molecular weight is 492 g/mol. The Labute approximate surface area is 211 Å². The van der Waals surface area contributed by atoms with Gasteiger partial charge < -0.3 is 20.6 Å². The molecule has 35 heavy (non-hydrogen) atoms. The molecule has 0 radical (unpaired) electrons. The largest absolute Gasteiger partial charge is 0.480 e. The van der Waals surface area contributed by atoms with Crippen LogP contribution in [-0.2, 0) is 9.59 Å². The Morgan fingerprint density at radius 1 is 0.971 bits per heavy atom. The van der Waals surface area contributed by atoms with Gasteiger partial charge in [-0.3, -0.25) is 9.59 Å². The normalized spacial score (nSPS) is 46.6. The second kappa shape index (κ2) is 9.96. The zero-order valence-corrected chi connectivity index (χ0v) is 22.5. The number of nitrogens with one attached hydrogen (secondary N) is 1. The first-order chi connectivity index (χ1) is 16.4. The van der Waals surface area contributed by atoms with Gasteiger partial charge in [-0.15, -0.1) is 0 Å². The zero-order chi connectivity index (χ0) is 25.7. The molecule has 0 aromatic heterocycles. The van der Waals surface area contributed by atoms with E-state index in [1.807, 2.05) is 6.92 Å². The van der Waals surface area contributed by atoms with E-state index >= 15 is 0 Å². The van der Waals surface area contributed by atoms with E-state index in [2.05, 4.69) is 33.0 Å². The first kappa shape index (κ1) is 26.9. The third-order valence-corrected chi connectivity index (χ3v) is 11.7. The summed E-state index contributed by atoms with van der Waals surface area (Å²) < 4.78 is 0. The summed E-state index contributed by atoms with van der Waals surface area (Å²) in [5, 5.41) is 33.7. The van der Waals surface area contributed by atoms with Crippen LogP contribution >= 0.6 is 0 Å². The van der Waals surface area contributed by atoms with Gasteiger partial charge in [0.05, 0.1) is 12.2 Å². The van der Waals surface area contributed by atoms with E-state index < -0.39 is 5.97 Å². The molecule has 4 saturated carbocycles. The van der Waals surface area contributed by atoms with Crippen molar-refractivity contribution in [3.8, 4) is 0 Å². The average Bonchev–Trinajstić information content (AvgIpc) is 3.16. The van der Waals surface area contributed by atoms with Crippen molar-refractivity contribution in [3.63, 3.8) is 0 Å². The number of carboxylic acids is 1. The number of amides is 1. The molecule has 4 aliphatic rings. The molecule has 6 nitrogen and oxygen atoms in total. The number of carbonyl (C=O) groups excluding carboxylic acids is 1. The summed E-state index contributed by atoms with van der Waals surface area (Å²) in [5.74, 6) is 1.58. The fourth-order valence-electron chi connectivity index (χ4n) is 10.1. The van der Waals surface area contributed by atoms with E-state index in [4.69, 9.17) is 5.11 Å². The van der Waals surface area contributed by atoms with Crippen LogP contribution in [0.1, 0.15) is 92.4 Å². The summed E-state index contributed by atoms with van der Waals surface area (Å²) in [6.07, 6.45) is 8.71. The van der Waals surface area contributed by atoms with Crippen molar-refractivity contribution in [2.24, 2.45) is 58.2 Å². The molecular formula is C29H49NO5. The number of hydrogen-bond acceptors (Lipinski definition) is 4. The van der Waals surface area contributed by atoms with Crippen LogP contribution in [0.3, 0.4) is 0 Å². The molecule has 200 valence electrons. The SMILES string of the molecule is CC[C@H]1[C@H](O)C2C3CC[C@H]([C@@H](C)C[C@@H](C)C(=O)NCC(=O)O)[C@@]3(C)CCC2[C@@]2(C)CC[C@@H](O)C[C@@H]12. The zero-order valence-electron chi connectivity index (χ0n) is 22.5. The van der Waals surface area contributed by atoms with Crippen LogP contribution in [0.15, 0.2) is 0 Å². The van der Waals surface area contributed by atoms with Crippen LogP contribution in [0, 0.1) is 58.2 Å². The van der Waals surface area contributed by atoms with Crippen LogP contribution in [0.25, 0.3) is 0 Å². The Bertz CT molecular complexity index is 802. The van der Waals surface area contributed by atoms with E-state index in [9.17, 15) is 19.8 Å². The van der Waals surface area contributed by atoms with Gasteiger partial charge in [-0.2, -0.15) is 0 Å². The van der Waals surface area contributed by atoms with Gasteiger partial charge in [-0.05, 0) is 104 Å². The lowest BCUT2D eigenvalue weighted by Crippen LogP contribution is -2.62. The maximum Gasteiger partial charge on any atom is 0.322 e. The van der Waals surface area contributed by atoms with Crippen LogP contribution in [0.2, 0.25) is 0 Å². The van der Waals surface area contributed by atoms with Crippen LogP contribution in [0.5, 0.6) is 0 Å². The van der Waals surface area contributed by atoms with E-state index in [1.165, 1.54) is 6.42 Å². The van der Waals surface area contributed by atoms with Crippen molar-refractivity contribution in [1.82, 2.24) is 5.32 Å². The lowest BCUT2D eigenvalue weighted by atomic mass is 9.41. The molecule has 6 heteroatoms. The Balaban J connectivity index is 1.52. The molecule has 0 saturated heterocycles. The van der Waals surface area contributed by atoms with Gasteiger partial charge in [0.25, 0.3) is 0 Å². The minimum Gasteiger partial charge on any atom is -0.480 e. The van der Waals surface area contributed by atoms with Gasteiger partial charge in [0, 0.05) is 5.92 Å². The highest BCUT2D eigenvalue weighted by Crippen LogP contribution is 2.69. The van der Waals surface area contributed by atoms with Crippen LogP contribution < -0.4 is 5.32 Å². The molecule has 4 N–H and O–H groups in total. The molecule has 0 spiro atoms. The van der Waals surface area contributed by atoms with Gasteiger partial charge in [-0.25, -0.2) is 0 Å². The molecule has 1 amide bonds. The molecule has 0 bridgehead atoms. The van der Waals surface area contributed by atoms with Crippen LogP contribution in [0.4, 0.5) is 0 Å². The Kier molecular flexibility index (Phi) is 7.66. The third kappa shape index (κ3) is 4.56. The Morgan fingerprint density at radius 3 is 2.29 bits per heavy atom. The molecule has 0 aromatic rings. The molecule has 0 aliphatic heterocycles. The number of aliphatic carboxylic acids is 1. The molecule has 0 heterocycles. The number of hydrogen-bond donors (Lipinski definition) is 4. The molecule has 4 aliphatic carbocycles. The maximum atomic E-state index is 12.4. The highest BCUT2D eigenvalue weighted by atomic mass is 16.4. The minimum absolute atomic E-state index is 0.172. The second-order valence-electron chi connectivity index (χ2n) is 13.3. The van der Waals surface area contributed by atoms with Crippen molar-refractivity contribution < 1.29 is 24.9 Å². The first-order valence-electron chi connectivity index (χ1n) is 14.3. The molecule has 4 fully saturated rings. The summed E-state index contributed by atoms with van der Waals surface area (Å²) in [7, 11) is 0. The third-order valence-electron chi connectivity index (χ3n) is 11.7. The summed E-state index contributed by atoms with van der Waals surface area (Å²) in [5.41, 5.74) is 0.389. The van der Waals surface area contributed by atoms with Crippen molar-refractivity contribution in [1.29, 1.82) is 0 Å². The number of carbonyl (C=O) groups is 2. The molecule has 0 aromatic carbocycles. The van der Waals surface area contributed by atoms with E-state index in [0.717, 1.165) is 51.4 Å². The van der Waals surface area contributed by atoms with Crippen LogP contribution in [-0.4, -0.2) is 45.9 Å². The summed E-state index contributed by atoms with van der Waals surface area (Å²) in [6, 6.07) is 0. The van der Waals surface area contributed by atoms with E-state index in [0.29, 0.717) is 35.5 Å². The molecule has 4 rings (SSSR count).